The van der Waals surface area contributed by atoms with Gasteiger partial charge in [0.1, 0.15) is 11.5 Å². The van der Waals surface area contributed by atoms with Gasteiger partial charge in [-0.3, -0.25) is 9.59 Å². The zero-order chi connectivity index (χ0) is 18.1. The molecule has 0 heterocycles. The predicted octanol–water partition coefficient (Wildman–Crippen LogP) is 2.18. The van der Waals surface area contributed by atoms with Gasteiger partial charge in [0.05, 0.1) is 13.3 Å². The molecule has 0 aliphatic rings. The lowest BCUT2D eigenvalue weighted by molar-refractivity contribution is -0.119. The van der Waals surface area contributed by atoms with Crippen LogP contribution in [-0.2, 0) is 9.59 Å². The van der Waals surface area contributed by atoms with E-state index in [-0.39, 0.29) is 18.4 Å². The number of anilines is 1. The van der Waals surface area contributed by atoms with Crippen molar-refractivity contribution < 1.29 is 19.1 Å². The summed E-state index contributed by atoms with van der Waals surface area (Å²) in [4.78, 5) is 22.6. The van der Waals surface area contributed by atoms with E-state index >= 15 is 0 Å². The summed E-state index contributed by atoms with van der Waals surface area (Å²) in [5.41, 5.74) is 3.78. The van der Waals surface area contributed by atoms with Gasteiger partial charge in [-0.25, -0.2) is 5.43 Å². The second-order valence-electron chi connectivity index (χ2n) is 5.06. The smallest absolute Gasteiger partial charge is 0.262 e. The molecule has 0 fully saturated rings. The highest BCUT2D eigenvalue weighted by atomic mass is 16.5. The monoisotopic (exact) mass is 341 g/mol. The minimum atomic E-state index is -0.263. The third-order valence-corrected chi connectivity index (χ3v) is 3.06. The van der Waals surface area contributed by atoms with Crippen molar-refractivity contribution in [2.75, 3.05) is 19.0 Å². The number of ether oxygens (including phenoxy) is 2. The molecule has 0 atom stereocenters. The molecule has 7 heteroatoms. The second kappa shape index (κ2) is 9.07. The highest BCUT2D eigenvalue weighted by molar-refractivity contribution is 5.91. The van der Waals surface area contributed by atoms with Crippen molar-refractivity contribution in [1.82, 2.24) is 5.43 Å². The first-order valence-corrected chi connectivity index (χ1v) is 7.53. The number of rotatable bonds is 7. The molecular formula is C18H19N3O4. The van der Waals surface area contributed by atoms with Gasteiger partial charge in [0.25, 0.3) is 5.91 Å². The SMILES string of the molecule is COc1ccc(NC(=O)COc2ccc(/C=N/NC(C)=O)cc2)cc1. The normalized spacial score (nSPS) is 10.3. The van der Waals surface area contributed by atoms with E-state index in [0.717, 1.165) is 11.3 Å². The highest BCUT2D eigenvalue weighted by Crippen LogP contribution is 2.15. The minimum absolute atomic E-state index is 0.106. The molecule has 25 heavy (non-hydrogen) atoms. The number of benzene rings is 2. The van der Waals surface area contributed by atoms with Crippen LogP contribution in [0, 0.1) is 0 Å². The van der Waals surface area contributed by atoms with Crippen molar-refractivity contribution in [3.63, 3.8) is 0 Å². The molecule has 0 bridgehead atoms. The van der Waals surface area contributed by atoms with E-state index in [9.17, 15) is 9.59 Å². The van der Waals surface area contributed by atoms with Gasteiger partial charge in [-0.1, -0.05) is 0 Å². The molecule has 7 nitrogen and oxygen atoms in total. The van der Waals surface area contributed by atoms with Gasteiger partial charge in [-0.2, -0.15) is 5.10 Å². The average molecular weight is 341 g/mol. The van der Waals surface area contributed by atoms with Crippen LogP contribution in [0.25, 0.3) is 0 Å². The van der Waals surface area contributed by atoms with Crippen LogP contribution >= 0.6 is 0 Å². The molecular weight excluding hydrogens is 322 g/mol. The molecule has 2 N–H and O–H groups in total. The van der Waals surface area contributed by atoms with Crippen LogP contribution < -0.4 is 20.2 Å². The number of carbonyl (C=O) groups excluding carboxylic acids is 2. The number of hydrogen-bond acceptors (Lipinski definition) is 5. The molecule has 0 radical (unpaired) electrons. The molecule has 0 unspecified atom stereocenters. The van der Waals surface area contributed by atoms with Crippen LogP contribution in [0.2, 0.25) is 0 Å². The Bertz CT molecular complexity index is 740. The van der Waals surface area contributed by atoms with Crippen LogP contribution in [0.15, 0.2) is 53.6 Å². The molecule has 0 aromatic heterocycles. The van der Waals surface area contributed by atoms with Crippen LogP contribution in [0.4, 0.5) is 5.69 Å². The standard InChI is InChI=1S/C18H19N3O4/c1-13(22)21-19-11-14-3-7-17(8-4-14)25-12-18(23)20-15-5-9-16(24-2)10-6-15/h3-11H,12H2,1-2H3,(H,20,23)(H,21,22)/b19-11+. The minimum Gasteiger partial charge on any atom is -0.497 e. The molecule has 130 valence electrons. The Morgan fingerprint density at radius 2 is 1.68 bits per heavy atom. The van der Waals surface area contributed by atoms with Gasteiger partial charge >= 0.3 is 0 Å². The average Bonchev–Trinajstić information content (AvgIpc) is 2.61. The van der Waals surface area contributed by atoms with Gasteiger partial charge in [-0.15, -0.1) is 0 Å². The van der Waals surface area contributed by atoms with E-state index in [2.05, 4.69) is 15.8 Å². The predicted molar refractivity (Wildman–Crippen MR) is 95.0 cm³/mol. The van der Waals surface area contributed by atoms with Gasteiger partial charge in [0, 0.05) is 12.6 Å². The number of hydrazone groups is 1. The number of hydrogen-bond donors (Lipinski definition) is 2. The molecule has 0 aliphatic carbocycles. The number of amides is 2. The summed E-state index contributed by atoms with van der Waals surface area (Å²) in [6, 6.07) is 14.0. The van der Waals surface area contributed by atoms with Crippen molar-refractivity contribution >= 4 is 23.7 Å². The van der Waals surface area contributed by atoms with E-state index < -0.39 is 0 Å². The summed E-state index contributed by atoms with van der Waals surface area (Å²) in [7, 11) is 1.58. The maximum Gasteiger partial charge on any atom is 0.262 e. The summed E-state index contributed by atoms with van der Waals surface area (Å²) >= 11 is 0. The fourth-order valence-electron chi connectivity index (χ4n) is 1.87. The maximum atomic E-state index is 11.9. The van der Waals surface area contributed by atoms with E-state index in [4.69, 9.17) is 9.47 Å². The number of methoxy groups -OCH3 is 1. The quantitative estimate of drug-likeness (QED) is 0.597. The summed E-state index contributed by atoms with van der Waals surface area (Å²) in [5.74, 6) is 0.776. The summed E-state index contributed by atoms with van der Waals surface area (Å²) in [6.07, 6.45) is 1.52. The van der Waals surface area contributed by atoms with Crippen LogP contribution in [0.5, 0.6) is 11.5 Å². The number of carbonyl (C=O) groups is 2. The lowest BCUT2D eigenvalue weighted by atomic mass is 10.2. The van der Waals surface area contributed by atoms with Crippen molar-refractivity contribution in [3.8, 4) is 11.5 Å². The molecule has 2 rings (SSSR count). The van der Waals surface area contributed by atoms with E-state index in [1.54, 1.807) is 55.6 Å². The van der Waals surface area contributed by atoms with Crippen LogP contribution in [0.1, 0.15) is 12.5 Å². The van der Waals surface area contributed by atoms with Gasteiger partial charge in [0.15, 0.2) is 6.61 Å². The third kappa shape index (κ3) is 6.34. The largest absolute Gasteiger partial charge is 0.497 e. The zero-order valence-electron chi connectivity index (χ0n) is 14.0. The highest BCUT2D eigenvalue weighted by Gasteiger charge is 2.04. The van der Waals surface area contributed by atoms with Crippen LogP contribution in [0.3, 0.4) is 0 Å². The molecule has 0 aliphatic heterocycles. The van der Waals surface area contributed by atoms with Crippen molar-refractivity contribution in [1.29, 1.82) is 0 Å². The third-order valence-electron chi connectivity index (χ3n) is 3.06. The van der Waals surface area contributed by atoms with Crippen molar-refractivity contribution in [3.05, 3.63) is 54.1 Å². The second-order valence-corrected chi connectivity index (χ2v) is 5.06. The first-order chi connectivity index (χ1) is 12.1. The Kier molecular flexibility index (Phi) is 6.53. The number of nitrogens with one attached hydrogen (secondary N) is 2. The summed E-state index contributed by atoms with van der Waals surface area (Å²) in [5, 5.41) is 6.50. The Morgan fingerprint density at radius 3 is 2.28 bits per heavy atom. The first kappa shape index (κ1) is 18.0. The summed E-state index contributed by atoms with van der Waals surface area (Å²) < 4.78 is 10.5. The fourth-order valence-corrected chi connectivity index (χ4v) is 1.87. The Hall–Kier alpha value is -3.35. The maximum absolute atomic E-state index is 11.9. The topological polar surface area (TPSA) is 89.0 Å². The summed E-state index contributed by atoms with van der Waals surface area (Å²) in [6.45, 7) is 1.27. The van der Waals surface area contributed by atoms with Gasteiger partial charge < -0.3 is 14.8 Å². The van der Waals surface area contributed by atoms with E-state index in [0.29, 0.717) is 11.4 Å². The molecule has 2 amide bonds. The fraction of sp³-hybridized carbons (Fsp3) is 0.167. The molecule has 0 saturated heterocycles. The van der Waals surface area contributed by atoms with E-state index in [1.807, 2.05) is 0 Å². The molecule has 2 aromatic carbocycles. The van der Waals surface area contributed by atoms with Gasteiger partial charge in [-0.05, 0) is 54.1 Å². The molecule has 0 spiro atoms. The lowest BCUT2D eigenvalue weighted by Crippen LogP contribution is -2.20. The van der Waals surface area contributed by atoms with Gasteiger partial charge in [0.2, 0.25) is 5.91 Å². The van der Waals surface area contributed by atoms with Crippen LogP contribution in [-0.4, -0.2) is 31.7 Å². The molecule has 2 aromatic rings. The Labute approximate surface area is 145 Å². The first-order valence-electron chi connectivity index (χ1n) is 7.53. The number of nitrogens with zero attached hydrogens (tertiary/aromatic N) is 1. The Morgan fingerprint density at radius 1 is 1.04 bits per heavy atom. The lowest BCUT2D eigenvalue weighted by Gasteiger charge is -2.08. The van der Waals surface area contributed by atoms with Crippen molar-refractivity contribution in [2.45, 2.75) is 6.92 Å². The van der Waals surface area contributed by atoms with Crippen molar-refractivity contribution in [2.24, 2.45) is 5.10 Å². The molecule has 0 saturated carbocycles. The van der Waals surface area contributed by atoms with E-state index in [1.165, 1.54) is 13.1 Å². The zero-order valence-corrected chi connectivity index (χ0v) is 14.0. The Balaban J connectivity index is 1.80.